The second kappa shape index (κ2) is 6.38. The van der Waals surface area contributed by atoms with E-state index in [1.165, 1.54) is 12.1 Å². The molecule has 2 N–H and O–H groups in total. The van der Waals surface area contributed by atoms with E-state index >= 15 is 0 Å². The van der Waals surface area contributed by atoms with E-state index in [9.17, 15) is 13.2 Å². The van der Waals surface area contributed by atoms with Crippen molar-refractivity contribution in [2.45, 2.75) is 24.3 Å². The van der Waals surface area contributed by atoms with Gasteiger partial charge in [-0.3, -0.25) is 0 Å². The molecule has 1 aromatic rings. The molecule has 0 fully saturated rings. The summed E-state index contributed by atoms with van der Waals surface area (Å²) in [7, 11) is -3.76. The van der Waals surface area contributed by atoms with Gasteiger partial charge >= 0.3 is 5.97 Å². The van der Waals surface area contributed by atoms with Gasteiger partial charge in [0.25, 0.3) is 0 Å². The van der Waals surface area contributed by atoms with Crippen molar-refractivity contribution >= 4 is 16.0 Å². The first-order chi connectivity index (χ1) is 9.88. The number of carboxylic acid groups (broad SMARTS) is 1. The summed E-state index contributed by atoms with van der Waals surface area (Å²) in [5, 5.41) is 8.99. The number of hydrogen-bond acceptors (Lipinski definition) is 4. The minimum atomic E-state index is -3.76. The van der Waals surface area contributed by atoms with Gasteiger partial charge in [-0.1, -0.05) is 12.2 Å². The molecule has 6 nitrogen and oxygen atoms in total. The Morgan fingerprint density at radius 1 is 1.38 bits per heavy atom. The topological polar surface area (TPSA) is 92.7 Å². The van der Waals surface area contributed by atoms with E-state index in [1.807, 2.05) is 12.2 Å². The molecular formula is C14H17NO5S. The van der Waals surface area contributed by atoms with Gasteiger partial charge < -0.3 is 9.84 Å². The highest BCUT2D eigenvalue weighted by Gasteiger charge is 2.19. The van der Waals surface area contributed by atoms with Gasteiger partial charge in [-0.15, -0.1) is 0 Å². The largest absolute Gasteiger partial charge is 0.478 e. The minimum absolute atomic E-state index is 0.0489. The molecule has 1 unspecified atom stereocenters. The quantitative estimate of drug-likeness (QED) is 0.800. The van der Waals surface area contributed by atoms with Gasteiger partial charge in [0.1, 0.15) is 0 Å². The first-order valence-electron chi connectivity index (χ1n) is 6.50. The molecule has 1 aliphatic heterocycles. The highest BCUT2D eigenvalue weighted by Crippen LogP contribution is 2.15. The van der Waals surface area contributed by atoms with Crippen LogP contribution in [0.4, 0.5) is 0 Å². The van der Waals surface area contributed by atoms with Crippen LogP contribution in [0.25, 0.3) is 0 Å². The lowest BCUT2D eigenvalue weighted by Gasteiger charge is -2.19. The van der Waals surface area contributed by atoms with Crippen molar-refractivity contribution in [1.82, 2.24) is 4.72 Å². The number of aryl methyl sites for hydroxylation is 1. The van der Waals surface area contributed by atoms with Crippen molar-refractivity contribution in [1.29, 1.82) is 0 Å². The van der Waals surface area contributed by atoms with Crippen LogP contribution in [-0.2, 0) is 14.8 Å². The second-order valence-electron chi connectivity index (χ2n) is 4.85. The lowest BCUT2D eigenvalue weighted by atomic mass is 10.1. The summed E-state index contributed by atoms with van der Waals surface area (Å²) in [6.45, 7) is 2.28. The fourth-order valence-electron chi connectivity index (χ4n) is 2.03. The number of hydrogen-bond donors (Lipinski definition) is 2. The summed E-state index contributed by atoms with van der Waals surface area (Å²) in [4.78, 5) is 10.9. The maximum absolute atomic E-state index is 12.2. The van der Waals surface area contributed by atoms with Gasteiger partial charge in [-0.25, -0.2) is 17.9 Å². The third-order valence-electron chi connectivity index (χ3n) is 3.10. The van der Waals surface area contributed by atoms with E-state index in [1.54, 1.807) is 6.92 Å². The molecule has 1 aliphatic rings. The van der Waals surface area contributed by atoms with Crippen LogP contribution in [0.5, 0.6) is 0 Å². The maximum atomic E-state index is 12.2. The number of sulfonamides is 1. The zero-order valence-corrected chi connectivity index (χ0v) is 12.4. The van der Waals surface area contributed by atoms with Crippen LogP contribution >= 0.6 is 0 Å². The predicted molar refractivity (Wildman–Crippen MR) is 76.8 cm³/mol. The molecule has 0 aliphatic carbocycles. The molecule has 0 saturated heterocycles. The highest BCUT2D eigenvalue weighted by molar-refractivity contribution is 7.89. The maximum Gasteiger partial charge on any atom is 0.335 e. The molecule has 1 heterocycles. The van der Waals surface area contributed by atoms with Crippen molar-refractivity contribution in [3.8, 4) is 0 Å². The number of aromatic carboxylic acids is 1. The molecule has 2 rings (SSSR count). The monoisotopic (exact) mass is 311 g/mol. The molecule has 0 aromatic heterocycles. The van der Waals surface area contributed by atoms with Gasteiger partial charge in [-0.2, -0.15) is 0 Å². The van der Waals surface area contributed by atoms with Crippen LogP contribution in [0.15, 0.2) is 35.2 Å². The molecular weight excluding hydrogens is 294 g/mol. The molecule has 1 atom stereocenters. The van der Waals surface area contributed by atoms with Crippen molar-refractivity contribution in [2.24, 2.45) is 0 Å². The molecule has 0 radical (unpaired) electrons. The van der Waals surface area contributed by atoms with Crippen molar-refractivity contribution in [2.75, 3.05) is 13.2 Å². The Hall–Kier alpha value is -1.70. The van der Waals surface area contributed by atoms with E-state index in [0.29, 0.717) is 18.6 Å². The normalized spacial score (nSPS) is 18.6. The summed E-state index contributed by atoms with van der Waals surface area (Å²) >= 11 is 0. The van der Waals surface area contributed by atoms with E-state index in [-0.39, 0.29) is 23.1 Å². The van der Waals surface area contributed by atoms with E-state index in [4.69, 9.17) is 9.84 Å². The fraction of sp³-hybridized carbons (Fsp3) is 0.357. The summed E-state index contributed by atoms with van der Waals surface area (Å²) < 4.78 is 32.3. The average molecular weight is 311 g/mol. The summed E-state index contributed by atoms with van der Waals surface area (Å²) in [5.74, 6) is -1.16. The van der Waals surface area contributed by atoms with Crippen LogP contribution in [0.2, 0.25) is 0 Å². The van der Waals surface area contributed by atoms with Gasteiger partial charge in [-0.05, 0) is 37.1 Å². The standard InChI is InChI=1S/C14H17NO5S/c1-10-6-11(14(16)17)8-13(7-10)21(18,19)15-9-12-4-2-3-5-20-12/h2-3,6-8,12,15H,4-5,9H2,1H3,(H,16,17). The van der Waals surface area contributed by atoms with Crippen LogP contribution in [0.3, 0.4) is 0 Å². The molecule has 21 heavy (non-hydrogen) atoms. The zero-order valence-electron chi connectivity index (χ0n) is 11.6. The Kier molecular flexibility index (Phi) is 4.76. The van der Waals surface area contributed by atoms with Crippen molar-refractivity contribution in [3.63, 3.8) is 0 Å². The fourth-order valence-corrected chi connectivity index (χ4v) is 3.23. The lowest BCUT2D eigenvalue weighted by Crippen LogP contribution is -2.34. The number of ether oxygens (including phenoxy) is 1. The number of carboxylic acids is 1. The van der Waals surface area contributed by atoms with Gasteiger partial charge in [0.2, 0.25) is 10.0 Å². The Labute approximate surface area is 123 Å². The molecule has 0 spiro atoms. The van der Waals surface area contributed by atoms with Crippen LogP contribution in [0.1, 0.15) is 22.3 Å². The van der Waals surface area contributed by atoms with E-state index < -0.39 is 16.0 Å². The minimum Gasteiger partial charge on any atom is -0.478 e. The smallest absolute Gasteiger partial charge is 0.335 e. The Morgan fingerprint density at radius 3 is 2.76 bits per heavy atom. The van der Waals surface area contributed by atoms with Gasteiger partial charge in [0, 0.05) is 6.54 Å². The van der Waals surface area contributed by atoms with Crippen LogP contribution in [-0.4, -0.2) is 38.7 Å². The van der Waals surface area contributed by atoms with Gasteiger partial charge in [0.15, 0.2) is 0 Å². The zero-order chi connectivity index (χ0) is 15.5. The number of benzene rings is 1. The molecule has 0 saturated carbocycles. The summed E-state index contributed by atoms with van der Waals surface area (Å²) in [6, 6.07) is 4.02. The first kappa shape index (κ1) is 15.7. The van der Waals surface area contributed by atoms with Crippen molar-refractivity contribution in [3.05, 3.63) is 41.5 Å². The Morgan fingerprint density at radius 2 is 2.14 bits per heavy atom. The van der Waals surface area contributed by atoms with Crippen LogP contribution < -0.4 is 4.72 Å². The average Bonchev–Trinajstić information content (AvgIpc) is 2.45. The van der Waals surface area contributed by atoms with E-state index in [2.05, 4.69) is 4.72 Å². The van der Waals surface area contributed by atoms with Crippen molar-refractivity contribution < 1.29 is 23.1 Å². The molecule has 1 aromatic carbocycles. The third-order valence-corrected chi connectivity index (χ3v) is 4.51. The number of nitrogens with one attached hydrogen (secondary N) is 1. The summed E-state index contributed by atoms with van der Waals surface area (Å²) in [6.07, 6.45) is 4.27. The Bertz CT molecular complexity index is 666. The molecule has 0 amide bonds. The molecule has 114 valence electrons. The summed E-state index contributed by atoms with van der Waals surface area (Å²) in [5.41, 5.74) is 0.527. The third kappa shape index (κ3) is 4.13. The van der Waals surface area contributed by atoms with Gasteiger partial charge in [0.05, 0.1) is 23.2 Å². The number of carbonyl (C=O) groups is 1. The lowest BCUT2D eigenvalue weighted by molar-refractivity contribution is 0.0695. The predicted octanol–water partition coefficient (Wildman–Crippen LogP) is 1.32. The Balaban J connectivity index is 2.15. The van der Waals surface area contributed by atoms with E-state index in [0.717, 1.165) is 6.07 Å². The van der Waals surface area contributed by atoms with Crippen LogP contribution in [0, 0.1) is 6.92 Å². The highest BCUT2D eigenvalue weighted by atomic mass is 32.2. The SMILES string of the molecule is Cc1cc(C(=O)O)cc(S(=O)(=O)NCC2CC=CCO2)c1. The second-order valence-corrected chi connectivity index (χ2v) is 6.62. The molecule has 0 bridgehead atoms. The molecule has 7 heteroatoms. The first-order valence-corrected chi connectivity index (χ1v) is 7.98. The number of rotatable bonds is 5.